The molecule has 3 rings (SSSR count). The molecular formula is C17H24O. The number of Topliss-reactive ketones (excluding diaryl/α,β-unsaturated/α-hetero) is 1. The fraction of sp³-hybridized carbons (Fsp3) is 0.824. The molecule has 98 valence electrons. The molecule has 0 saturated heterocycles. The van der Waals surface area contributed by atoms with Gasteiger partial charge in [0.2, 0.25) is 0 Å². The molecule has 1 heteroatoms. The largest absolute Gasteiger partial charge is 0.299 e. The number of hydrogen-bond donors (Lipinski definition) is 0. The van der Waals surface area contributed by atoms with E-state index in [1.165, 1.54) is 12.8 Å². The zero-order valence-corrected chi connectivity index (χ0v) is 12.0. The van der Waals surface area contributed by atoms with Gasteiger partial charge in [0.15, 0.2) is 0 Å². The van der Waals surface area contributed by atoms with Gasteiger partial charge in [0.05, 0.1) is 0 Å². The standard InChI is InChI=1S/C17H24O/c1-11-13-7-5-12-6-8-14(18)15(11)17(12,13)10-9-16(2,3)4/h11-13,15H,5-8H2,1-4H3. The molecule has 0 bridgehead atoms. The summed E-state index contributed by atoms with van der Waals surface area (Å²) in [5, 5.41) is 0. The maximum absolute atomic E-state index is 12.2. The highest BCUT2D eigenvalue weighted by Crippen LogP contribution is 2.70. The van der Waals surface area contributed by atoms with Crippen molar-refractivity contribution in [3.05, 3.63) is 0 Å². The van der Waals surface area contributed by atoms with Gasteiger partial charge in [-0.2, -0.15) is 0 Å². The zero-order chi connectivity index (χ0) is 13.1. The van der Waals surface area contributed by atoms with Crippen molar-refractivity contribution in [2.75, 3.05) is 0 Å². The van der Waals surface area contributed by atoms with E-state index in [0.717, 1.165) is 12.8 Å². The van der Waals surface area contributed by atoms with Crippen molar-refractivity contribution < 1.29 is 4.79 Å². The van der Waals surface area contributed by atoms with Crippen LogP contribution in [0.3, 0.4) is 0 Å². The van der Waals surface area contributed by atoms with E-state index in [1.54, 1.807) is 0 Å². The summed E-state index contributed by atoms with van der Waals surface area (Å²) in [6.45, 7) is 8.78. The van der Waals surface area contributed by atoms with Gasteiger partial charge in [0.25, 0.3) is 0 Å². The molecule has 0 N–H and O–H groups in total. The third-order valence-corrected chi connectivity index (χ3v) is 5.53. The van der Waals surface area contributed by atoms with Crippen LogP contribution < -0.4 is 0 Å². The van der Waals surface area contributed by atoms with Crippen LogP contribution in [-0.2, 0) is 4.79 Å². The van der Waals surface area contributed by atoms with Gasteiger partial charge in [-0.1, -0.05) is 18.8 Å². The summed E-state index contributed by atoms with van der Waals surface area (Å²) < 4.78 is 0. The van der Waals surface area contributed by atoms with Crippen LogP contribution in [-0.4, -0.2) is 5.78 Å². The summed E-state index contributed by atoms with van der Waals surface area (Å²) in [5.41, 5.74) is 0.139. The highest BCUT2D eigenvalue weighted by Gasteiger charge is 2.69. The molecule has 3 aliphatic rings. The lowest BCUT2D eigenvalue weighted by atomic mass is 9.42. The Hall–Kier alpha value is -0.770. The van der Waals surface area contributed by atoms with Crippen LogP contribution in [0.15, 0.2) is 0 Å². The summed E-state index contributed by atoms with van der Waals surface area (Å²) in [6.07, 6.45) is 4.51. The van der Waals surface area contributed by atoms with Crippen molar-refractivity contribution in [1.29, 1.82) is 0 Å². The molecule has 0 spiro atoms. The molecule has 0 aromatic rings. The highest BCUT2D eigenvalue weighted by atomic mass is 16.1. The lowest BCUT2D eigenvalue weighted by molar-refractivity contribution is -0.154. The third kappa shape index (κ3) is 1.44. The Kier molecular flexibility index (Phi) is 2.47. The predicted molar refractivity (Wildman–Crippen MR) is 72.8 cm³/mol. The molecule has 0 heterocycles. The van der Waals surface area contributed by atoms with E-state index >= 15 is 0 Å². The number of carbonyl (C=O) groups excluding carboxylic acids is 1. The molecule has 0 aromatic carbocycles. The fourth-order valence-corrected chi connectivity index (χ4v) is 4.88. The summed E-state index contributed by atoms with van der Waals surface area (Å²) >= 11 is 0. The molecule has 0 aromatic heterocycles. The minimum atomic E-state index is 0.0536. The van der Waals surface area contributed by atoms with Crippen LogP contribution in [0.5, 0.6) is 0 Å². The van der Waals surface area contributed by atoms with E-state index in [0.29, 0.717) is 23.5 Å². The predicted octanol–water partition coefficient (Wildman–Crippen LogP) is 3.68. The van der Waals surface area contributed by atoms with Gasteiger partial charge in [-0.3, -0.25) is 4.79 Å². The van der Waals surface area contributed by atoms with E-state index in [9.17, 15) is 4.79 Å². The third-order valence-electron chi connectivity index (χ3n) is 5.53. The zero-order valence-electron chi connectivity index (χ0n) is 12.0. The van der Waals surface area contributed by atoms with Gasteiger partial charge in [0.1, 0.15) is 5.78 Å². The first-order valence-corrected chi connectivity index (χ1v) is 7.43. The SMILES string of the molecule is CC1C2CCC3CCC(=O)C1C32C#CC(C)(C)C. The highest BCUT2D eigenvalue weighted by molar-refractivity contribution is 5.85. The van der Waals surface area contributed by atoms with Gasteiger partial charge < -0.3 is 0 Å². The van der Waals surface area contributed by atoms with E-state index in [2.05, 4.69) is 39.5 Å². The first-order chi connectivity index (χ1) is 8.36. The van der Waals surface area contributed by atoms with Crippen LogP contribution in [0, 0.1) is 46.3 Å². The molecule has 18 heavy (non-hydrogen) atoms. The van der Waals surface area contributed by atoms with Crippen LogP contribution in [0.4, 0.5) is 0 Å². The Labute approximate surface area is 111 Å². The fourth-order valence-electron chi connectivity index (χ4n) is 4.88. The topological polar surface area (TPSA) is 17.1 Å². The average molecular weight is 244 g/mol. The van der Waals surface area contributed by atoms with Gasteiger partial charge in [-0.15, -0.1) is 0 Å². The number of rotatable bonds is 0. The summed E-state index contributed by atoms with van der Waals surface area (Å²) in [6, 6.07) is 0. The molecule has 3 saturated carbocycles. The molecular weight excluding hydrogens is 220 g/mol. The summed E-state index contributed by atoms with van der Waals surface area (Å²) in [5.74, 6) is 9.83. The minimum Gasteiger partial charge on any atom is -0.299 e. The van der Waals surface area contributed by atoms with Gasteiger partial charge in [0, 0.05) is 23.2 Å². The maximum Gasteiger partial charge on any atom is 0.137 e. The van der Waals surface area contributed by atoms with E-state index in [1.807, 2.05) is 0 Å². The van der Waals surface area contributed by atoms with E-state index in [4.69, 9.17) is 0 Å². The van der Waals surface area contributed by atoms with Crippen molar-refractivity contribution in [2.45, 2.75) is 53.4 Å². The smallest absolute Gasteiger partial charge is 0.137 e. The van der Waals surface area contributed by atoms with Crippen molar-refractivity contribution in [3.63, 3.8) is 0 Å². The summed E-state index contributed by atoms with van der Waals surface area (Å²) in [7, 11) is 0. The van der Waals surface area contributed by atoms with E-state index < -0.39 is 0 Å². The van der Waals surface area contributed by atoms with Gasteiger partial charge in [-0.05, 0) is 57.8 Å². The Morgan fingerprint density at radius 2 is 1.94 bits per heavy atom. The monoisotopic (exact) mass is 244 g/mol. The molecule has 5 atom stereocenters. The number of ketones is 1. The Morgan fingerprint density at radius 3 is 2.61 bits per heavy atom. The number of hydrogen-bond acceptors (Lipinski definition) is 1. The Bertz CT molecular complexity index is 436. The Morgan fingerprint density at radius 1 is 1.22 bits per heavy atom. The average Bonchev–Trinajstić information content (AvgIpc) is 2.61. The molecule has 1 nitrogen and oxygen atoms in total. The van der Waals surface area contributed by atoms with Gasteiger partial charge in [-0.25, -0.2) is 0 Å². The second kappa shape index (κ2) is 3.62. The first-order valence-electron chi connectivity index (χ1n) is 7.43. The maximum atomic E-state index is 12.2. The van der Waals surface area contributed by atoms with Gasteiger partial charge >= 0.3 is 0 Å². The Balaban J connectivity index is 2.02. The number of carbonyl (C=O) groups is 1. The van der Waals surface area contributed by atoms with Crippen molar-refractivity contribution >= 4 is 5.78 Å². The lowest BCUT2D eigenvalue weighted by Gasteiger charge is -2.59. The van der Waals surface area contributed by atoms with E-state index in [-0.39, 0.29) is 16.7 Å². The summed E-state index contributed by atoms with van der Waals surface area (Å²) in [4.78, 5) is 12.2. The van der Waals surface area contributed by atoms with Crippen LogP contribution in [0.2, 0.25) is 0 Å². The first kappa shape index (κ1) is 12.3. The van der Waals surface area contributed by atoms with Crippen molar-refractivity contribution in [1.82, 2.24) is 0 Å². The minimum absolute atomic E-state index is 0.0536. The molecule has 3 aliphatic carbocycles. The molecule has 0 aliphatic heterocycles. The van der Waals surface area contributed by atoms with Crippen LogP contribution in [0.1, 0.15) is 53.4 Å². The van der Waals surface area contributed by atoms with Crippen LogP contribution in [0.25, 0.3) is 0 Å². The lowest BCUT2D eigenvalue weighted by Crippen LogP contribution is -2.60. The van der Waals surface area contributed by atoms with Crippen molar-refractivity contribution in [3.8, 4) is 11.8 Å². The van der Waals surface area contributed by atoms with Crippen molar-refractivity contribution in [2.24, 2.45) is 34.5 Å². The normalized spacial score (nSPS) is 45.9. The second-order valence-corrected chi connectivity index (χ2v) is 7.66. The molecule has 0 radical (unpaired) electrons. The molecule has 0 amide bonds. The van der Waals surface area contributed by atoms with Crippen LogP contribution >= 0.6 is 0 Å². The second-order valence-electron chi connectivity index (χ2n) is 7.66. The molecule has 5 unspecified atom stereocenters. The quantitative estimate of drug-likeness (QED) is 0.594. The molecule has 3 fully saturated rings.